The molecular formula is C17H18FN3O2. The lowest BCUT2D eigenvalue weighted by Gasteiger charge is -2.35. The Kier molecular flexibility index (Phi) is 3.98. The van der Waals surface area contributed by atoms with Crippen molar-refractivity contribution in [1.29, 1.82) is 0 Å². The summed E-state index contributed by atoms with van der Waals surface area (Å²) in [4.78, 5) is 26.2. The number of rotatable bonds is 2. The lowest BCUT2D eigenvalue weighted by molar-refractivity contribution is -0.120. The minimum absolute atomic E-state index is 0.000900. The van der Waals surface area contributed by atoms with Crippen molar-refractivity contribution in [2.24, 2.45) is 0 Å². The lowest BCUT2D eigenvalue weighted by atomic mass is 9.96. The predicted molar refractivity (Wildman–Crippen MR) is 84.9 cm³/mol. The Morgan fingerprint density at radius 1 is 1.35 bits per heavy atom. The predicted octanol–water partition coefficient (Wildman–Crippen LogP) is 2.06. The van der Waals surface area contributed by atoms with Crippen LogP contribution in [0.3, 0.4) is 0 Å². The SMILES string of the molecule is Cc1ccc(=O)n(CC(=O)N2c3ccc(F)cc3CC[C@H]2C)n1. The summed E-state index contributed by atoms with van der Waals surface area (Å²) in [5, 5.41) is 4.10. The number of amides is 1. The Labute approximate surface area is 133 Å². The second-order valence-electron chi connectivity index (χ2n) is 5.90. The zero-order valence-corrected chi connectivity index (χ0v) is 13.1. The van der Waals surface area contributed by atoms with Crippen LogP contribution in [-0.4, -0.2) is 21.7 Å². The van der Waals surface area contributed by atoms with E-state index in [1.54, 1.807) is 24.0 Å². The van der Waals surface area contributed by atoms with Gasteiger partial charge in [0.2, 0.25) is 5.91 Å². The van der Waals surface area contributed by atoms with Gasteiger partial charge in [0.1, 0.15) is 12.4 Å². The van der Waals surface area contributed by atoms with Gasteiger partial charge >= 0.3 is 0 Å². The van der Waals surface area contributed by atoms with Crippen molar-refractivity contribution >= 4 is 11.6 Å². The molecule has 5 nitrogen and oxygen atoms in total. The molecule has 2 heterocycles. The second kappa shape index (κ2) is 5.95. The highest BCUT2D eigenvalue weighted by Crippen LogP contribution is 2.31. The molecule has 0 fully saturated rings. The molecule has 1 aromatic carbocycles. The molecule has 0 saturated carbocycles. The van der Waals surface area contributed by atoms with Gasteiger partial charge in [0.25, 0.3) is 5.56 Å². The van der Waals surface area contributed by atoms with Crippen molar-refractivity contribution in [2.75, 3.05) is 4.90 Å². The number of aromatic nitrogens is 2. The third-order valence-corrected chi connectivity index (χ3v) is 4.13. The van der Waals surface area contributed by atoms with Crippen LogP contribution in [0, 0.1) is 12.7 Å². The smallest absolute Gasteiger partial charge is 0.267 e. The molecule has 1 aromatic heterocycles. The molecule has 0 bridgehead atoms. The van der Waals surface area contributed by atoms with Gasteiger partial charge in [-0.05, 0) is 56.5 Å². The van der Waals surface area contributed by atoms with Crippen molar-refractivity contribution in [3.8, 4) is 0 Å². The van der Waals surface area contributed by atoms with Crippen LogP contribution in [0.5, 0.6) is 0 Å². The monoisotopic (exact) mass is 315 g/mol. The molecule has 0 radical (unpaired) electrons. The minimum Gasteiger partial charge on any atom is -0.308 e. The molecule has 0 saturated heterocycles. The molecule has 0 spiro atoms. The first-order chi connectivity index (χ1) is 11.0. The Balaban J connectivity index is 1.93. The van der Waals surface area contributed by atoms with E-state index in [9.17, 15) is 14.0 Å². The van der Waals surface area contributed by atoms with Crippen LogP contribution in [0.2, 0.25) is 0 Å². The average Bonchev–Trinajstić information content (AvgIpc) is 2.51. The molecule has 23 heavy (non-hydrogen) atoms. The van der Waals surface area contributed by atoms with E-state index in [0.29, 0.717) is 5.69 Å². The summed E-state index contributed by atoms with van der Waals surface area (Å²) >= 11 is 0. The maximum absolute atomic E-state index is 13.4. The molecule has 0 N–H and O–H groups in total. The first-order valence-electron chi connectivity index (χ1n) is 7.61. The molecule has 120 valence electrons. The van der Waals surface area contributed by atoms with Crippen LogP contribution in [0.4, 0.5) is 10.1 Å². The molecule has 0 unspecified atom stereocenters. The average molecular weight is 315 g/mol. The Bertz CT molecular complexity index is 816. The number of carbonyl (C=O) groups is 1. The van der Waals surface area contributed by atoms with Crippen LogP contribution in [0.25, 0.3) is 0 Å². The largest absolute Gasteiger partial charge is 0.308 e. The van der Waals surface area contributed by atoms with E-state index in [1.165, 1.54) is 22.9 Å². The van der Waals surface area contributed by atoms with E-state index >= 15 is 0 Å². The summed E-state index contributed by atoms with van der Waals surface area (Å²) in [7, 11) is 0. The maximum atomic E-state index is 13.4. The summed E-state index contributed by atoms with van der Waals surface area (Å²) in [6.45, 7) is 3.60. The van der Waals surface area contributed by atoms with Gasteiger partial charge in [-0.2, -0.15) is 5.10 Å². The van der Waals surface area contributed by atoms with Gasteiger partial charge in [-0.25, -0.2) is 9.07 Å². The fourth-order valence-electron chi connectivity index (χ4n) is 2.97. The molecule has 0 aliphatic carbocycles. The lowest BCUT2D eigenvalue weighted by Crippen LogP contribution is -2.45. The number of hydrogen-bond acceptors (Lipinski definition) is 3. The molecule has 1 aliphatic rings. The van der Waals surface area contributed by atoms with E-state index in [1.807, 2.05) is 6.92 Å². The summed E-state index contributed by atoms with van der Waals surface area (Å²) in [5.74, 6) is -0.521. The molecule has 1 aliphatic heterocycles. The number of fused-ring (bicyclic) bond motifs is 1. The highest BCUT2D eigenvalue weighted by molar-refractivity contribution is 5.95. The van der Waals surface area contributed by atoms with E-state index in [2.05, 4.69) is 5.10 Å². The van der Waals surface area contributed by atoms with Gasteiger partial charge in [-0.15, -0.1) is 0 Å². The van der Waals surface area contributed by atoms with Gasteiger partial charge < -0.3 is 4.90 Å². The summed E-state index contributed by atoms with van der Waals surface area (Å²) in [6, 6.07) is 7.47. The second-order valence-corrected chi connectivity index (χ2v) is 5.90. The van der Waals surface area contributed by atoms with Crippen LogP contribution in [0.15, 0.2) is 35.1 Å². The van der Waals surface area contributed by atoms with Crippen LogP contribution >= 0.6 is 0 Å². The van der Waals surface area contributed by atoms with E-state index in [-0.39, 0.29) is 29.9 Å². The summed E-state index contributed by atoms with van der Waals surface area (Å²) in [5.41, 5.74) is 1.90. The van der Waals surface area contributed by atoms with Crippen molar-refractivity contribution in [3.05, 3.63) is 57.8 Å². The molecule has 1 atom stereocenters. The van der Waals surface area contributed by atoms with Crippen LogP contribution in [-0.2, 0) is 17.8 Å². The Morgan fingerprint density at radius 2 is 2.13 bits per heavy atom. The van der Waals surface area contributed by atoms with Gasteiger partial charge in [-0.3, -0.25) is 9.59 Å². The number of anilines is 1. The number of halogens is 1. The Morgan fingerprint density at radius 3 is 2.91 bits per heavy atom. The van der Waals surface area contributed by atoms with Gasteiger partial charge in [0.05, 0.1) is 5.69 Å². The molecule has 6 heteroatoms. The normalized spacial score (nSPS) is 17.0. The number of aryl methyl sites for hydroxylation is 2. The van der Waals surface area contributed by atoms with Crippen molar-refractivity contribution in [2.45, 2.75) is 39.3 Å². The molecule has 3 rings (SSSR count). The minimum atomic E-state index is -0.312. The van der Waals surface area contributed by atoms with Crippen molar-refractivity contribution < 1.29 is 9.18 Å². The standard InChI is InChI=1S/C17H18FN3O2/c1-11-3-8-16(22)20(19-11)10-17(23)21-12(2)4-5-13-9-14(18)6-7-15(13)21/h3,6-9,12H,4-5,10H2,1-2H3/t12-/m1/s1. The third kappa shape index (κ3) is 3.02. The summed E-state index contributed by atoms with van der Waals surface area (Å²) < 4.78 is 14.6. The van der Waals surface area contributed by atoms with E-state index in [4.69, 9.17) is 0 Å². The highest BCUT2D eigenvalue weighted by Gasteiger charge is 2.28. The topological polar surface area (TPSA) is 55.2 Å². The zero-order valence-electron chi connectivity index (χ0n) is 13.1. The Hall–Kier alpha value is -2.50. The maximum Gasteiger partial charge on any atom is 0.267 e. The van der Waals surface area contributed by atoms with Crippen molar-refractivity contribution in [3.63, 3.8) is 0 Å². The number of nitrogens with zero attached hydrogens (tertiary/aromatic N) is 3. The number of benzene rings is 1. The highest BCUT2D eigenvalue weighted by atomic mass is 19.1. The molecule has 2 aromatic rings. The van der Waals surface area contributed by atoms with Gasteiger partial charge in [0, 0.05) is 17.8 Å². The fraction of sp³-hybridized carbons (Fsp3) is 0.353. The third-order valence-electron chi connectivity index (χ3n) is 4.13. The quantitative estimate of drug-likeness (QED) is 0.852. The van der Waals surface area contributed by atoms with Crippen LogP contribution < -0.4 is 10.5 Å². The fourth-order valence-corrected chi connectivity index (χ4v) is 2.97. The summed E-state index contributed by atoms with van der Waals surface area (Å²) in [6.07, 6.45) is 1.50. The van der Waals surface area contributed by atoms with Gasteiger partial charge in [-0.1, -0.05) is 0 Å². The zero-order chi connectivity index (χ0) is 16.6. The molecule has 1 amide bonds. The number of hydrogen-bond donors (Lipinski definition) is 0. The molecular weight excluding hydrogens is 297 g/mol. The van der Waals surface area contributed by atoms with Gasteiger partial charge in [0.15, 0.2) is 0 Å². The number of carbonyl (C=O) groups excluding carboxylic acids is 1. The first-order valence-corrected chi connectivity index (χ1v) is 7.61. The van der Waals surface area contributed by atoms with Crippen LogP contribution in [0.1, 0.15) is 24.6 Å². The van der Waals surface area contributed by atoms with E-state index < -0.39 is 0 Å². The van der Waals surface area contributed by atoms with E-state index in [0.717, 1.165) is 24.1 Å². The first kappa shape index (κ1) is 15.4. The van der Waals surface area contributed by atoms with Crippen molar-refractivity contribution in [1.82, 2.24) is 9.78 Å².